The van der Waals surface area contributed by atoms with Crippen molar-refractivity contribution in [3.05, 3.63) is 11.6 Å². The number of likely N-dealkylation sites (N-methyl/N-ethyl adjacent to an activating group) is 1. The van der Waals surface area contributed by atoms with Crippen LogP contribution < -0.4 is 5.32 Å². The van der Waals surface area contributed by atoms with E-state index in [0.717, 1.165) is 6.54 Å². The van der Waals surface area contributed by atoms with Gasteiger partial charge < -0.3 is 5.32 Å². The van der Waals surface area contributed by atoms with Gasteiger partial charge in [-0.1, -0.05) is 6.08 Å². The maximum absolute atomic E-state index is 12.3. The van der Waals surface area contributed by atoms with E-state index in [2.05, 4.69) is 5.32 Å². The molecule has 88 valence electrons. The van der Waals surface area contributed by atoms with E-state index in [-0.39, 0.29) is 18.0 Å². The summed E-state index contributed by atoms with van der Waals surface area (Å²) >= 11 is 0. The first-order valence-electron chi connectivity index (χ1n) is 5.10. The van der Waals surface area contributed by atoms with Crippen molar-refractivity contribution in [1.29, 1.82) is 0 Å². The molecule has 1 heterocycles. The van der Waals surface area contributed by atoms with Crippen molar-refractivity contribution < 1.29 is 13.2 Å². The normalized spacial score (nSPS) is 21.3. The Morgan fingerprint density at radius 3 is 2.60 bits per heavy atom. The summed E-state index contributed by atoms with van der Waals surface area (Å²) in [4.78, 5) is 2.05. The molecule has 0 bridgehead atoms. The molecule has 1 atom stereocenters. The number of hydrogen-bond donors (Lipinski definition) is 1. The van der Waals surface area contributed by atoms with E-state index in [1.165, 1.54) is 6.08 Å². The van der Waals surface area contributed by atoms with Gasteiger partial charge in [0.05, 0.1) is 0 Å². The molecular weight excluding hydrogens is 205 g/mol. The Bertz CT molecular complexity index is 235. The summed E-state index contributed by atoms with van der Waals surface area (Å²) in [5, 5.41) is 3.02. The third-order valence-electron chi connectivity index (χ3n) is 2.73. The second-order valence-electron chi connectivity index (χ2n) is 3.88. The molecule has 5 heteroatoms. The number of hydrogen-bond acceptors (Lipinski definition) is 2. The van der Waals surface area contributed by atoms with Crippen molar-refractivity contribution in [1.82, 2.24) is 10.2 Å². The lowest BCUT2D eigenvalue weighted by molar-refractivity contribution is -0.0963. The molecule has 0 saturated heterocycles. The summed E-state index contributed by atoms with van der Waals surface area (Å²) in [6.07, 6.45) is -2.73. The zero-order valence-corrected chi connectivity index (χ0v) is 9.06. The highest BCUT2D eigenvalue weighted by Gasteiger charge is 2.35. The highest BCUT2D eigenvalue weighted by atomic mass is 19.4. The van der Waals surface area contributed by atoms with Crippen LogP contribution in [0.3, 0.4) is 0 Å². The average Bonchev–Trinajstić information content (AvgIpc) is 2.17. The Morgan fingerprint density at radius 1 is 1.53 bits per heavy atom. The number of rotatable bonds is 3. The van der Waals surface area contributed by atoms with Crippen LogP contribution in [0.1, 0.15) is 13.3 Å². The second kappa shape index (κ2) is 4.99. The fraction of sp³-hybridized carbons (Fsp3) is 0.800. The summed E-state index contributed by atoms with van der Waals surface area (Å²) in [6, 6.07) is 0.279. The molecule has 0 amide bonds. The van der Waals surface area contributed by atoms with Crippen molar-refractivity contribution in [2.75, 3.05) is 26.7 Å². The van der Waals surface area contributed by atoms with Gasteiger partial charge in [0.15, 0.2) is 0 Å². The number of nitrogens with zero attached hydrogens (tertiary/aromatic N) is 1. The van der Waals surface area contributed by atoms with Crippen molar-refractivity contribution in [2.45, 2.75) is 25.6 Å². The molecule has 1 aliphatic heterocycles. The topological polar surface area (TPSA) is 15.3 Å². The Hall–Kier alpha value is -0.550. The Balaban J connectivity index is 2.51. The van der Waals surface area contributed by atoms with Gasteiger partial charge in [-0.3, -0.25) is 4.90 Å². The first kappa shape index (κ1) is 12.5. The molecule has 0 aromatic heterocycles. The largest absolute Gasteiger partial charge is 0.412 e. The summed E-state index contributed by atoms with van der Waals surface area (Å²) in [5.74, 6) is 0. The quantitative estimate of drug-likeness (QED) is 0.732. The zero-order chi connectivity index (χ0) is 11.5. The van der Waals surface area contributed by atoms with Gasteiger partial charge in [-0.05, 0) is 20.4 Å². The molecule has 0 radical (unpaired) electrons. The van der Waals surface area contributed by atoms with E-state index in [0.29, 0.717) is 13.1 Å². The van der Waals surface area contributed by atoms with Gasteiger partial charge in [-0.25, -0.2) is 0 Å². The standard InChI is InChI=1S/C10H17F3N2/c1-8(7-14-2)15-5-3-9(4-6-15)10(11,12)13/h3,8,14H,4-7H2,1-2H3. The molecule has 1 aliphatic rings. The smallest absolute Gasteiger partial charge is 0.318 e. The van der Waals surface area contributed by atoms with Crippen molar-refractivity contribution >= 4 is 0 Å². The van der Waals surface area contributed by atoms with Gasteiger partial charge in [0.1, 0.15) is 0 Å². The Labute approximate surface area is 88.1 Å². The van der Waals surface area contributed by atoms with E-state index in [4.69, 9.17) is 0 Å². The van der Waals surface area contributed by atoms with E-state index in [9.17, 15) is 13.2 Å². The molecule has 15 heavy (non-hydrogen) atoms. The first-order valence-corrected chi connectivity index (χ1v) is 5.10. The maximum Gasteiger partial charge on any atom is 0.412 e. The summed E-state index contributed by atoms with van der Waals surface area (Å²) in [7, 11) is 1.84. The lowest BCUT2D eigenvalue weighted by atomic mass is 10.1. The van der Waals surface area contributed by atoms with Gasteiger partial charge in [-0.2, -0.15) is 13.2 Å². The van der Waals surface area contributed by atoms with E-state index >= 15 is 0 Å². The minimum absolute atomic E-state index is 0.109. The summed E-state index contributed by atoms with van der Waals surface area (Å²) in [5.41, 5.74) is -0.379. The van der Waals surface area contributed by atoms with Crippen LogP contribution in [0, 0.1) is 0 Å². The highest BCUT2D eigenvalue weighted by molar-refractivity contribution is 5.13. The number of nitrogens with one attached hydrogen (secondary N) is 1. The molecule has 0 aliphatic carbocycles. The van der Waals surface area contributed by atoms with Crippen LogP contribution in [0.2, 0.25) is 0 Å². The van der Waals surface area contributed by atoms with Crippen LogP contribution in [-0.2, 0) is 0 Å². The molecule has 1 rings (SSSR count). The van der Waals surface area contributed by atoms with Gasteiger partial charge in [0, 0.05) is 31.2 Å². The van der Waals surface area contributed by atoms with Crippen LogP contribution in [0.4, 0.5) is 13.2 Å². The molecule has 0 aromatic rings. The van der Waals surface area contributed by atoms with Crippen molar-refractivity contribution in [3.8, 4) is 0 Å². The minimum atomic E-state index is -4.14. The molecule has 0 fully saturated rings. The van der Waals surface area contributed by atoms with Crippen molar-refractivity contribution in [2.24, 2.45) is 0 Å². The van der Waals surface area contributed by atoms with Crippen LogP contribution in [0.15, 0.2) is 11.6 Å². The molecule has 1 N–H and O–H groups in total. The lowest BCUT2D eigenvalue weighted by Crippen LogP contribution is -2.42. The lowest BCUT2D eigenvalue weighted by Gasteiger charge is -2.32. The third kappa shape index (κ3) is 3.50. The minimum Gasteiger partial charge on any atom is -0.318 e. The summed E-state index contributed by atoms with van der Waals surface area (Å²) in [6.45, 7) is 3.71. The molecule has 0 aromatic carbocycles. The van der Waals surface area contributed by atoms with Gasteiger partial charge in [0.2, 0.25) is 0 Å². The molecule has 1 unspecified atom stereocenters. The SMILES string of the molecule is CNCC(C)N1CC=C(C(F)(F)F)CC1. The van der Waals surface area contributed by atoms with E-state index in [1.807, 2.05) is 18.9 Å². The monoisotopic (exact) mass is 222 g/mol. The van der Waals surface area contributed by atoms with E-state index in [1.54, 1.807) is 0 Å². The van der Waals surface area contributed by atoms with E-state index < -0.39 is 6.18 Å². The van der Waals surface area contributed by atoms with Crippen LogP contribution in [0.5, 0.6) is 0 Å². The highest BCUT2D eigenvalue weighted by Crippen LogP contribution is 2.30. The fourth-order valence-corrected chi connectivity index (χ4v) is 1.77. The fourth-order valence-electron chi connectivity index (χ4n) is 1.77. The van der Waals surface area contributed by atoms with Gasteiger partial charge in [0.25, 0.3) is 0 Å². The maximum atomic E-state index is 12.3. The Morgan fingerprint density at radius 2 is 2.20 bits per heavy atom. The molecule has 0 spiro atoms. The zero-order valence-electron chi connectivity index (χ0n) is 9.06. The molecular formula is C10H17F3N2. The van der Waals surface area contributed by atoms with Crippen LogP contribution >= 0.6 is 0 Å². The molecule has 0 saturated carbocycles. The van der Waals surface area contributed by atoms with Crippen LogP contribution in [-0.4, -0.2) is 43.8 Å². The molecule has 2 nitrogen and oxygen atoms in total. The Kier molecular flexibility index (Phi) is 4.16. The van der Waals surface area contributed by atoms with Gasteiger partial charge in [-0.15, -0.1) is 0 Å². The first-order chi connectivity index (χ1) is 6.95. The average molecular weight is 222 g/mol. The number of alkyl halides is 3. The van der Waals surface area contributed by atoms with Crippen LogP contribution in [0.25, 0.3) is 0 Å². The summed E-state index contributed by atoms with van der Waals surface area (Å²) < 4.78 is 37.0. The predicted octanol–water partition coefficient (Wildman–Crippen LogP) is 1.79. The van der Waals surface area contributed by atoms with Gasteiger partial charge >= 0.3 is 6.18 Å². The second-order valence-corrected chi connectivity index (χ2v) is 3.88. The number of halogens is 3. The predicted molar refractivity (Wildman–Crippen MR) is 53.7 cm³/mol. The third-order valence-corrected chi connectivity index (χ3v) is 2.73. The van der Waals surface area contributed by atoms with Crippen molar-refractivity contribution in [3.63, 3.8) is 0 Å².